The van der Waals surface area contributed by atoms with Gasteiger partial charge in [-0.25, -0.2) is 4.39 Å². The van der Waals surface area contributed by atoms with Gasteiger partial charge >= 0.3 is 0 Å². The topological polar surface area (TPSA) is 56.7 Å². The second-order valence-electron chi connectivity index (χ2n) is 2.95. The van der Waals surface area contributed by atoms with E-state index in [-0.39, 0.29) is 5.82 Å². The number of aryl methyl sites for hydroxylation is 1. The second-order valence-corrected chi connectivity index (χ2v) is 2.95. The van der Waals surface area contributed by atoms with E-state index in [1.807, 2.05) is 0 Å². The minimum Gasteiger partial charge on any atom is -0.398 e. The van der Waals surface area contributed by atoms with Crippen LogP contribution in [-0.4, -0.2) is 15.0 Å². The van der Waals surface area contributed by atoms with Gasteiger partial charge in [0.25, 0.3) is 0 Å². The lowest BCUT2D eigenvalue weighted by molar-refractivity contribution is 0.628. The van der Waals surface area contributed by atoms with Crippen LogP contribution in [0.15, 0.2) is 24.4 Å². The average molecular weight is 192 g/mol. The van der Waals surface area contributed by atoms with Crippen molar-refractivity contribution in [2.75, 3.05) is 5.73 Å². The van der Waals surface area contributed by atoms with Crippen molar-refractivity contribution < 1.29 is 4.39 Å². The van der Waals surface area contributed by atoms with Crippen molar-refractivity contribution in [1.82, 2.24) is 15.0 Å². The summed E-state index contributed by atoms with van der Waals surface area (Å²) in [6, 6.07) is 4.17. The minimum absolute atomic E-state index is 0.333. The maximum atomic E-state index is 12.9. The summed E-state index contributed by atoms with van der Waals surface area (Å²) < 4.78 is 12.9. The molecule has 0 atom stereocenters. The molecule has 4 nitrogen and oxygen atoms in total. The van der Waals surface area contributed by atoms with E-state index in [1.165, 1.54) is 23.0 Å². The van der Waals surface area contributed by atoms with E-state index in [2.05, 4.69) is 10.2 Å². The molecule has 0 saturated carbocycles. The third-order valence-electron chi connectivity index (χ3n) is 1.89. The van der Waals surface area contributed by atoms with Crippen LogP contribution in [0, 0.1) is 5.82 Å². The number of benzene rings is 1. The van der Waals surface area contributed by atoms with Crippen LogP contribution in [0.5, 0.6) is 0 Å². The predicted octanol–water partition coefficient (Wildman–Crippen LogP) is 1.20. The molecular weight excluding hydrogens is 183 g/mol. The molecule has 1 aromatic carbocycles. The van der Waals surface area contributed by atoms with Crippen molar-refractivity contribution in [3.8, 4) is 11.3 Å². The normalized spacial score (nSPS) is 10.4. The number of anilines is 1. The van der Waals surface area contributed by atoms with Gasteiger partial charge < -0.3 is 5.73 Å². The van der Waals surface area contributed by atoms with Gasteiger partial charge in [0.05, 0.1) is 6.20 Å². The fourth-order valence-electron chi connectivity index (χ4n) is 1.22. The minimum atomic E-state index is -0.333. The molecule has 1 aromatic heterocycles. The predicted molar refractivity (Wildman–Crippen MR) is 50.8 cm³/mol. The summed E-state index contributed by atoms with van der Waals surface area (Å²) in [5.74, 6) is -0.333. The Bertz CT molecular complexity index is 464. The standard InChI is InChI=1S/C9H9FN4/c1-14-12-5-9(13-14)7-4-6(10)2-3-8(7)11/h2-5H,11H2,1H3. The van der Waals surface area contributed by atoms with Gasteiger partial charge in [-0.1, -0.05) is 0 Å². The Balaban J connectivity index is 2.55. The van der Waals surface area contributed by atoms with Crippen LogP contribution in [0.3, 0.4) is 0 Å². The molecule has 72 valence electrons. The molecule has 0 amide bonds. The van der Waals surface area contributed by atoms with Crippen molar-refractivity contribution in [3.05, 3.63) is 30.2 Å². The SMILES string of the molecule is Cn1ncc(-c2cc(F)ccc2N)n1. The molecule has 1 heterocycles. The van der Waals surface area contributed by atoms with Gasteiger partial charge in [0.1, 0.15) is 11.5 Å². The third-order valence-corrected chi connectivity index (χ3v) is 1.89. The number of halogens is 1. The first-order chi connectivity index (χ1) is 6.66. The first-order valence-electron chi connectivity index (χ1n) is 4.08. The van der Waals surface area contributed by atoms with Crippen molar-refractivity contribution in [1.29, 1.82) is 0 Å². The van der Waals surface area contributed by atoms with E-state index >= 15 is 0 Å². The molecule has 0 aliphatic rings. The van der Waals surface area contributed by atoms with Crippen LogP contribution in [0.4, 0.5) is 10.1 Å². The van der Waals surface area contributed by atoms with E-state index in [0.717, 1.165) is 0 Å². The van der Waals surface area contributed by atoms with Crippen LogP contribution in [0.2, 0.25) is 0 Å². The summed E-state index contributed by atoms with van der Waals surface area (Å²) in [5, 5.41) is 7.93. The number of rotatable bonds is 1. The highest BCUT2D eigenvalue weighted by Crippen LogP contribution is 2.23. The lowest BCUT2D eigenvalue weighted by Gasteiger charge is -2.00. The zero-order valence-electron chi connectivity index (χ0n) is 7.61. The number of nitrogens with two attached hydrogens (primary N) is 1. The monoisotopic (exact) mass is 192 g/mol. The Kier molecular flexibility index (Phi) is 1.92. The maximum absolute atomic E-state index is 12.9. The average Bonchev–Trinajstić information content (AvgIpc) is 2.56. The molecule has 5 heteroatoms. The smallest absolute Gasteiger partial charge is 0.124 e. The molecule has 0 unspecified atom stereocenters. The van der Waals surface area contributed by atoms with Crippen molar-refractivity contribution in [3.63, 3.8) is 0 Å². The quantitative estimate of drug-likeness (QED) is 0.691. The molecule has 2 aromatic rings. The number of hydrogen-bond acceptors (Lipinski definition) is 3. The summed E-state index contributed by atoms with van der Waals surface area (Å²) >= 11 is 0. The van der Waals surface area contributed by atoms with Crippen molar-refractivity contribution in [2.24, 2.45) is 7.05 Å². The number of hydrogen-bond donors (Lipinski definition) is 1. The molecule has 0 fully saturated rings. The number of nitrogens with zero attached hydrogens (tertiary/aromatic N) is 3. The largest absolute Gasteiger partial charge is 0.398 e. The Hall–Kier alpha value is -1.91. The summed E-state index contributed by atoms with van der Waals surface area (Å²) in [6.45, 7) is 0. The number of aromatic nitrogens is 3. The number of nitrogen functional groups attached to an aromatic ring is 1. The first-order valence-corrected chi connectivity index (χ1v) is 4.08. The Morgan fingerprint density at radius 1 is 1.43 bits per heavy atom. The van der Waals surface area contributed by atoms with Crippen molar-refractivity contribution >= 4 is 5.69 Å². The Morgan fingerprint density at radius 3 is 2.86 bits per heavy atom. The van der Waals surface area contributed by atoms with Crippen LogP contribution in [0.1, 0.15) is 0 Å². The van der Waals surface area contributed by atoms with Gasteiger partial charge in [-0.2, -0.15) is 15.0 Å². The van der Waals surface area contributed by atoms with Crippen LogP contribution in [0.25, 0.3) is 11.3 Å². The molecule has 14 heavy (non-hydrogen) atoms. The molecule has 0 radical (unpaired) electrons. The molecule has 0 spiro atoms. The first kappa shape index (κ1) is 8.68. The molecule has 0 aliphatic heterocycles. The van der Waals surface area contributed by atoms with Gasteiger partial charge in [-0.05, 0) is 18.2 Å². The van der Waals surface area contributed by atoms with Gasteiger partial charge in [-0.15, -0.1) is 0 Å². The van der Waals surface area contributed by atoms with Gasteiger partial charge in [-0.3, -0.25) is 0 Å². The fraction of sp³-hybridized carbons (Fsp3) is 0.111. The molecule has 0 saturated heterocycles. The van der Waals surface area contributed by atoms with Crippen LogP contribution < -0.4 is 5.73 Å². The molecule has 0 aliphatic carbocycles. The van der Waals surface area contributed by atoms with E-state index in [1.54, 1.807) is 13.2 Å². The van der Waals surface area contributed by atoms with E-state index in [4.69, 9.17) is 5.73 Å². The van der Waals surface area contributed by atoms with Gasteiger partial charge in [0.2, 0.25) is 0 Å². The van der Waals surface area contributed by atoms with Crippen LogP contribution >= 0.6 is 0 Å². The lowest BCUT2D eigenvalue weighted by Crippen LogP contribution is -1.94. The van der Waals surface area contributed by atoms with E-state index in [9.17, 15) is 4.39 Å². The van der Waals surface area contributed by atoms with Crippen LogP contribution in [-0.2, 0) is 7.05 Å². The summed E-state index contributed by atoms with van der Waals surface area (Å²) in [4.78, 5) is 1.40. The molecule has 2 rings (SSSR count). The molecular formula is C9H9FN4. The summed E-state index contributed by atoms with van der Waals surface area (Å²) in [7, 11) is 1.69. The molecule has 2 N–H and O–H groups in total. The fourth-order valence-corrected chi connectivity index (χ4v) is 1.22. The van der Waals surface area contributed by atoms with E-state index < -0.39 is 0 Å². The highest BCUT2D eigenvalue weighted by molar-refractivity contribution is 5.72. The molecule has 0 bridgehead atoms. The highest BCUT2D eigenvalue weighted by Gasteiger charge is 2.07. The highest BCUT2D eigenvalue weighted by atomic mass is 19.1. The lowest BCUT2D eigenvalue weighted by atomic mass is 10.1. The van der Waals surface area contributed by atoms with Gasteiger partial charge in [0, 0.05) is 18.3 Å². The zero-order chi connectivity index (χ0) is 10.1. The Labute approximate surface area is 80.2 Å². The Morgan fingerprint density at radius 2 is 2.21 bits per heavy atom. The van der Waals surface area contributed by atoms with Crippen molar-refractivity contribution in [2.45, 2.75) is 0 Å². The maximum Gasteiger partial charge on any atom is 0.124 e. The van der Waals surface area contributed by atoms with E-state index in [0.29, 0.717) is 16.9 Å². The second kappa shape index (κ2) is 3.10. The summed E-state index contributed by atoms with van der Waals surface area (Å²) in [6.07, 6.45) is 1.55. The van der Waals surface area contributed by atoms with Gasteiger partial charge in [0.15, 0.2) is 0 Å². The third kappa shape index (κ3) is 1.44. The summed E-state index contributed by atoms with van der Waals surface area (Å²) in [5.41, 5.74) is 7.32. The zero-order valence-corrected chi connectivity index (χ0v) is 7.61.